The molecule has 118 valence electrons. The van der Waals surface area contributed by atoms with Crippen LogP contribution in [0.1, 0.15) is 45.1 Å². The first-order valence-electron chi connectivity index (χ1n) is 7.40. The molecule has 2 unspecified atom stereocenters. The topological polar surface area (TPSA) is 12.0 Å². The van der Waals surface area contributed by atoms with Crippen LogP contribution in [0.15, 0.2) is 22.7 Å². The van der Waals surface area contributed by atoms with Crippen LogP contribution in [-0.2, 0) is 6.18 Å². The molecule has 1 aliphatic carbocycles. The summed E-state index contributed by atoms with van der Waals surface area (Å²) in [6.45, 7) is 4.43. The van der Waals surface area contributed by atoms with Crippen LogP contribution in [0.25, 0.3) is 0 Å². The quantitative estimate of drug-likeness (QED) is 0.684. The van der Waals surface area contributed by atoms with Gasteiger partial charge < -0.3 is 5.32 Å². The molecule has 0 heterocycles. The van der Waals surface area contributed by atoms with Gasteiger partial charge in [0, 0.05) is 16.2 Å². The number of halogens is 4. The fraction of sp³-hybridized carbons (Fsp3) is 0.625. The van der Waals surface area contributed by atoms with E-state index in [1.54, 1.807) is 0 Å². The monoisotopic (exact) mass is 363 g/mol. The van der Waals surface area contributed by atoms with Crippen molar-refractivity contribution in [1.29, 1.82) is 0 Å². The molecule has 1 aromatic carbocycles. The second kappa shape index (κ2) is 6.59. The highest BCUT2D eigenvalue weighted by atomic mass is 79.9. The lowest BCUT2D eigenvalue weighted by atomic mass is 9.79. The van der Waals surface area contributed by atoms with E-state index in [-0.39, 0.29) is 6.04 Å². The summed E-state index contributed by atoms with van der Waals surface area (Å²) in [7, 11) is 0. The van der Waals surface area contributed by atoms with Crippen molar-refractivity contribution in [2.24, 2.45) is 11.8 Å². The lowest BCUT2D eigenvalue weighted by Gasteiger charge is -2.33. The van der Waals surface area contributed by atoms with Crippen LogP contribution in [-0.4, -0.2) is 6.04 Å². The van der Waals surface area contributed by atoms with Gasteiger partial charge in [-0.2, -0.15) is 13.2 Å². The maximum absolute atomic E-state index is 12.8. The Morgan fingerprint density at radius 1 is 1.24 bits per heavy atom. The number of rotatable bonds is 3. The summed E-state index contributed by atoms with van der Waals surface area (Å²) in [5, 5.41) is 3.30. The summed E-state index contributed by atoms with van der Waals surface area (Å²) >= 11 is 3.34. The predicted molar refractivity (Wildman–Crippen MR) is 83.4 cm³/mol. The SMILES string of the molecule is CC(C)C1CCCC(Nc2cc(C(F)(F)F)ccc2Br)C1. The molecule has 0 saturated heterocycles. The van der Waals surface area contributed by atoms with Gasteiger partial charge in [0.1, 0.15) is 0 Å². The van der Waals surface area contributed by atoms with E-state index < -0.39 is 11.7 Å². The van der Waals surface area contributed by atoms with Gasteiger partial charge in [-0.15, -0.1) is 0 Å². The molecule has 0 bridgehead atoms. The van der Waals surface area contributed by atoms with Crippen molar-refractivity contribution in [2.45, 2.75) is 51.7 Å². The first-order valence-corrected chi connectivity index (χ1v) is 8.20. The van der Waals surface area contributed by atoms with Crippen molar-refractivity contribution in [3.05, 3.63) is 28.2 Å². The second-order valence-corrected chi connectivity index (χ2v) is 7.06. The van der Waals surface area contributed by atoms with Crippen LogP contribution >= 0.6 is 15.9 Å². The molecule has 5 heteroatoms. The first-order chi connectivity index (χ1) is 9.77. The maximum atomic E-state index is 12.8. The highest BCUT2D eigenvalue weighted by Gasteiger charge is 2.31. The van der Waals surface area contributed by atoms with Crippen molar-refractivity contribution in [3.63, 3.8) is 0 Å². The van der Waals surface area contributed by atoms with Crippen LogP contribution < -0.4 is 5.32 Å². The van der Waals surface area contributed by atoms with Crippen LogP contribution in [0.3, 0.4) is 0 Å². The normalized spacial score (nSPS) is 23.4. The van der Waals surface area contributed by atoms with Gasteiger partial charge in [-0.05, 0) is 58.8 Å². The van der Waals surface area contributed by atoms with Crippen molar-refractivity contribution < 1.29 is 13.2 Å². The van der Waals surface area contributed by atoms with E-state index in [1.807, 2.05) is 0 Å². The van der Waals surface area contributed by atoms with Crippen LogP contribution in [0, 0.1) is 11.8 Å². The molecule has 21 heavy (non-hydrogen) atoms. The molecule has 0 aliphatic heterocycles. The Hall–Kier alpha value is -0.710. The lowest BCUT2D eigenvalue weighted by Crippen LogP contribution is -2.29. The Labute approximate surface area is 132 Å². The maximum Gasteiger partial charge on any atom is 0.416 e. The van der Waals surface area contributed by atoms with E-state index in [2.05, 4.69) is 35.1 Å². The van der Waals surface area contributed by atoms with E-state index in [9.17, 15) is 13.2 Å². The zero-order chi connectivity index (χ0) is 15.6. The van der Waals surface area contributed by atoms with Gasteiger partial charge in [0.05, 0.1) is 5.56 Å². The van der Waals surface area contributed by atoms with Gasteiger partial charge in [-0.3, -0.25) is 0 Å². The Morgan fingerprint density at radius 2 is 1.95 bits per heavy atom. The summed E-state index contributed by atoms with van der Waals surface area (Å²) in [5.74, 6) is 1.28. The molecule has 0 amide bonds. The van der Waals surface area contributed by atoms with Crippen LogP contribution in [0.5, 0.6) is 0 Å². The molecule has 0 radical (unpaired) electrons. The largest absolute Gasteiger partial charge is 0.416 e. The van der Waals surface area contributed by atoms with Gasteiger partial charge in [-0.25, -0.2) is 0 Å². The Kier molecular flexibility index (Phi) is 5.23. The summed E-state index contributed by atoms with van der Waals surface area (Å²) in [6.07, 6.45) is 0.104. The van der Waals surface area contributed by atoms with Crippen LogP contribution in [0.2, 0.25) is 0 Å². The van der Waals surface area contributed by atoms with Gasteiger partial charge >= 0.3 is 6.18 Å². The molecule has 1 aromatic rings. The van der Waals surface area contributed by atoms with Crippen molar-refractivity contribution in [1.82, 2.24) is 0 Å². The zero-order valence-corrected chi connectivity index (χ0v) is 13.9. The molecule has 1 saturated carbocycles. The van der Waals surface area contributed by atoms with Crippen LogP contribution in [0.4, 0.5) is 18.9 Å². The number of hydrogen-bond acceptors (Lipinski definition) is 1. The van der Waals surface area contributed by atoms with E-state index in [4.69, 9.17) is 0 Å². The standard InChI is InChI=1S/C16H21BrF3N/c1-10(2)11-4-3-5-13(8-11)21-15-9-12(16(18,19)20)6-7-14(15)17/h6-7,9-11,13,21H,3-5,8H2,1-2H3. The van der Waals surface area contributed by atoms with E-state index in [1.165, 1.54) is 18.6 Å². The molecular formula is C16H21BrF3N. The number of nitrogens with one attached hydrogen (secondary N) is 1. The van der Waals surface area contributed by atoms with Crippen molar-refractivity contribution in [2.75, 3.05) is 5.32 Å². The third-order valence-corrected chi connectivity index (χ3v) is 5.00. The highest BCUT2D eigenvalue weighted by Crippen LogP contribution is 2.36. The van der Waals surface area contributed by atoms with Crippen molar-refractivity contribution >= 4 is 21.6 Å². The summed E-state index contributed by atoms with van der Waals surface area (Å²) < 4.78 is 39.1. The minimum Gasteiger partial charge on any atom is -0.381 e. The lowest BCUT2D eigenvalue weighted by molar-refractivity contribution is -0.137. The highest BCUT2D eigenvalue weighted by molar-refractivity contribution is 9.10. The Balaban J connectivity index is 2.12. The molecule has 2 atom stereocenters. The molecular weight excluding hydrogens is 343 g/mol. The number of anilines is 1. The van der Waals surface area contributed by atoms with Crippen molar-refractivity contribution in [3.8, 4) is 0 Å². The number of benzene rings is 1. The van der Waals surface area contributed by atoms with E-state index in [0.29, 0.717) is 22.0 Å². The van der Waals surface area contributed by atoms with Gasteiger partial charge in [0.2, 0.25) is 0 Å². The fourth-order valence-corrected chi connectivity index (χ4v) is 3.36. The molecule has 1 fully saturated rings. The minimum atomic E-state index is -4.30. The molecule has 1 N–H and O–H groups in total. The number of alkyl halides is 3. The van der Waals surface area contributed by atoms with Gasteiger partial charge in [0.25, 0.3) is 0 Å². The molecule has 1 nitrogen and oxygen atoms in total. The Bertz CT molecular complexity index is 485. The van der Waals surface area contributed by atoms with E-state index in [0.717, 1.165) is 25.3 Å². The second-order valence-electron chi connectivity index (χ2n) is 6.20. The van der Waals surface area contributed by atoms with E-state index >= 15 is 0 Å². The molecule has 0 aromatic heterocycles. The summed E-state index contributed by atoms with van der Waals surface area (Å²) in [6, 6.07) is 4.02. The third kappa shape index (κ3) is 4.38. The molecule has 1 aliphatic rings. The summed E-state index contributed by atoms with van der Waals surface area (Å²) in [5.41, 5.74) is -0.0661. The van der Waals surface area contributed by atoms with Gasteiger partial charge in [-0.1, -0.05) is 26.7 Å². The minimum absolute atomic E-state index is 0.255. The average Bonchev–Trinajstić information content (AvgIpc) is 2.40. The van der Waals surface area contributed by atoms with Gasteiger partial charge in [0.15, 0.2) is 0 Å². The summed E-state index contributed by atoms with van der Waals surface area (Å²) in [4.78, 5) is 0. The fourth-order valence-electron chi connectivity index (χ4n) is 3.00. The first kappa shape index (κ1) is 16.7. The zero-order valence-electron chi connectivity index (χ0n) is 12.3. The smallest absolute Gasteiger partial charge is 0.381 e. The molecule has 2 rings (SSSR count). The predicted octanol–water partition coefficient (Wildman–Crippen LogP) is 6.09. The average molecular weight is 364 g/mol. The molecule has 0 spiro atoms. The third-order valence-electron chi connectivity index (χ3n) is 4.31. The Morgan fingerprint density at radius 3 is 2.57 bits per heavy atom. The number of hydrogen-bond donors (Lipinski definition) is 1.